The first-order valence-corrected chi connectivity index (χ1v) is 8.10. The van der Waals surface area contributed by atoms with E-state index in [0.29, 0.717) is 12.8 Å². The lowest BCUT2D eigenvalue weighted by molar-refractivity contribution is -0.139. The second-order valence-electron chi connectivity index (χ2n) is 4.99. The summed E-state index contributed by atoms with van der Waals surface area (Å²) in [6.07, 6.45) is -2.68. The molecule has 4 nitrogen and oxygen atoms in total. The van der Waals surface area contributed by atoms with Gasteiger partial charge in [0, 0.05) is 19.1 Å². The molecule has 1 aliphatic rings. The molecule has 118 valence electrons. The molecule has 0 amide bonds. The number of benzene rings is 1. The van der Waals surface area contributed by atoms with Gasteiger partial charge in [0.2, 0.25) is 10.0 Å². The van der Waals surface area contributed by atoms with E-state index in [1.54, 1.807) is 0 Å². The van der Waals surface area contributed by atoms with Crippen LogP contribution in [0.4, 0.5) is 13.2 Å². The lowest BCUT2D eigenvalue weighted by Gasteiger charge is -2.34. The largest absolute Gasteiger partial charge is 0.417 e. The van der Waals surface area contributed by atoms with E-state index in [4.69, 9.17) is 5.73 Å². The number of nitrogens with two attached hydrogens (primary N) is 1. The third kappa shape index (κ3) is 3.22. The zero-order valence-corrected chi connectivity index (χ0v) is 12.1. The Morgan fingerprint density at radius 2 is 1.90 bits per heavy atom. The summed E-state index contributed by atoms with van der Waals surface area (Å²) >= 11 is 0. The van der Waals surface area contributed by atoms with E-state index in [9.17, 15) is 21.6 Å². The predicted molar refractivity (Wildman–Crippen MR) is 72.0 cm³/mol. The molecular weight excluding hydrogens is 305 g/mol. The van der Waals surface area contributed by atoms with E-state index in [2.05, 4.69) is 0 Å². The molecule has 1 heterocycles. The fraction of sp³-hybridized carbons (Fsp3) is 0.538. The summed E-state index contributed by atoms with van der Waals surface area (Å²) in [6, 6.07) is 3.82. The molecule has 0 spiro atoms. The van der Waals surface area contributed by atoms with Crippen LogP contribution in [0.3, 0.4) is 0 Å². The van der Waals surface area contributed by atoms with E-state index >= 15 is 0 Å². The van der Waals surface area contributed by atoms with E-state index in [0.717, 1.165) is 22.9 Å². The molecule has 1 saturated heterocycles. The summed E-state index contributed by atoms with van der Waals surface area (Å²) in [6.45, 7) is 0.309. The molecule has 0 bridgehead atoms. The summed E-state index contributed by atoms with van der Waals surface area (Å²) in [4.78, 5) is -0.696. The van der Waals surface area contributed by atoms with Crippen molar-refractivity contribution in [3.05, 3.63) is 29.8 Å². The van der Waals surface area contributed by atoms with Gasteiger partial charge in [-0.25, -0.2) is 8.42 Å². The van der Waals surface area contributed by atoms with Gasteiger partial charge in [-0.2, -0.15) is 17.5 Å². The van der Waals surface area contributed by atoms with Gasteiger partial charge in [0.25, 0.3) is 0 Å². The van der Waals surface area contributed by atoms with Gasteiger partial charge in [0.1, 0.15) is 0 Å². The lowest BCUT2D eigenvalue weighted by atomic mass is 10.1. The highest BCUT2D eigenvalue weighted by Crippen LogP contribution is 2.36. The predicted octanol–water partition coefficient (Wildman–Crippen LogP) is 2.21. The minimum Gasteiger partial charge on any atom is -0.329 e. The molecule has 1 atom stereocenters. The van der Waals surface area contributed by atoms with E-state index < -0.39 is 32.7 Å². The average Bonchev–Trinajstić information content (AvgIpc) is 2.46. The minimum atomic E-state index is -4.71. The highest BCUT2D eigenvalue weighted by atomic mass is 32.2. The Kier molecular flexibility index (Phi) is 4.60. The Morgan fingerprint density at radius 1 is 1.24 bits per heavy atom. The third-order valence-corrected chi connectivity index (χ3v) is 5.63. The average molecular weight is 322 g/mol. The zero-order valence-electron chi connectivity index (χ0n) is 11.3. The molecule has 0 unspecified atom stereocenters. The quantitative estimate of drug-likeness (QED) is 0.928. The molecule has 0 saturated carbocycles. The van der Waals surface area contributed by atoms with Crippen LogP contribution in [-0.4, -0.2) is 31.9 Å². The molecule has 2 rings (SSSR count). The number of alkyl halides is 3. The van der Waals surface area contributed by atoms with Crippen molar-refractivity contribution in [3.8, 4) is 0 Å². The molecule has 0 aromatic heterocycles. The summed E-state index contributed by atoms with van der Waals surface area (Å²) in [5, 5.41) is 0. The standard InChI is InChI=1S/C13H17F3N2O2S/c14-13(15,16)11-6-1-2-7-12(11)21(19,20)18-8-4-3-5-10(18)9-17/h1-2,6-7,10H,3-5,8-9,17H2/t10-/m0/s1. The van der Waals surface area contributed by atoms with Gasteiger partial charge in [-0.15, -0.1) is 0 Å². The topological polar surface area (TPSA) is 63.4 Å². The maximum Gasteiger partial charge on any atom is 0.417 e. The van der Waals surface area contributed by atoms with Crippen molar-refractivity contribution >= 4 is 10.0 Å². The Bertz CT molecular complexity index is 602. The first-order valence-electron chi connectivity index (χ1n) is 6.66. The normalized spacial score (nSPS) is 21.4. The summed E-state index contributed by atoms with van der Waals surface area (Å²) in [5.41, 5.74) is 4.43. The van der Waals surface area contributed by atoms with Crippen molar-refractivity contribution in [2.24, 2.45) is 5.73 Å². The van der Waals surface area contributed by atoms with Gasteiger partial charge in [0.05, 0.1) is 10.5 Å². The van der Waals surface area contributed by atoms with E-state index in [1.807, 2.05) is 0 Å². The zero-order chi connectivity index (χ0) is 15.7. The van der Waals surface area contributed by atoms with Crippen LogP contribution in [-0.2, 0) is 16.2 Å². The fourth-order valence-electron chi connectivity index (χ4n) is 2.58. The molecule has 1 aliphatic heterocycles. The summed E-state index contributed by atoms with van der Waals surface area (Å²) < 4.78 is 65.4. The number of sulfonamides is 1. The van der Waals surface area contributed by atoms with Crippen LogP contribution in [0.5, 0.6) is 0 Å². The van der Waals surface area contributed by atoms with E-state index in [1.165, 1.54) is 12.1 Å². The monoisotopic (exact) mass is 322 g/mol. The highest BCUT2D eigenvalue weighted by molar-refractivity contribution is 7.89. The van der Waals surface area contributed by atoms with Crippen molar-refractivity contribution in [1.82, 2.24) is 4.31 Å². The Morgan fingerprint density at radius 3 is 2.52 bits per heavy atom. The first kappa shape index (κ1) is 16.3. The number of halogens is 3. The van der Waals surface area contributed by atoms with Crippen molar-refractivity contribution in [3.63, 3.8) is 0 Å². The molecule has 0 radical (unpaired) electrons. The molecule has 0 aliphatic carbocycles. The van der Waals surface area contributed by atoms with Gasteiger partial charge in [0.15, 0.2) is 0 Å². The fourth-order valence-corrected chi connectivity index (χ4v) is 4.50. The van der Waals surface area contributed by atoms with E-state index in [-0.39, 0.29) is 13.1 Å². The Hall–Kier alpha value is -1.12. The lowest BCUT2D eigenvalue weighted by Crippen LogP contribution is -2.47. The molecule has 1 fully saturated rings. The Balaban J connectivity index is 2.49. The van der Waals surface area contributed by atoms with Crippen LogP contribution in [0.25, 0.3) is 0 Å². The van der Waals surface area contributed by atoms with Crippen molar-refractivity contribution in [2.75, 3.05) is 13.1 Å². The van der Waals surface area contributed by atoms with Gasteiger partial charge in [-0.05, 0) is 25.0 Å². The van der Waals surface area contributed by atoms with Crippen LogP contribution in [0, 0.1) is 0 Å². The second kappa shape index (κ2) is 5.94. The van der Waals surface area contributed by atoms with Crippen molar-refractivity contribution in [2.45, 2.75) is 36.4 Å². The number of rotatable bonds is 3. The number of hydrogen-bond donors (Lipinski definition) is 1. The van der Waals surface area contributed by atoms with Crippen LogP contribution in [0.1, 0.15) is 24.8 Å². The van der Waals surface area contributed by atoms with Gasteiger partial charge < -0.3 is 5.73 Å². The summed E-state index contributed by atoms with van der Waals surface area (Å²) in [5.74, 6) is 0. The van der Waals surface area contributed by atoms with Crippen LogP contribution in [0.15, 0.2) is 29.2 Å². The molecule has 2 N–H and O–H groups in total. The molecular formula is C13H17F3N2O2S. The molecule has 1 aromatic rings. The van der Waals surface area contributed by atoms with Crippen molar-refractivity contribution in [1.29, 1.82) is 0 Å². The number of nitrogens with zero attached hydrogens (tertiary/aromatic N) is 1. The first-order chi connectivity index (χ1) is 9.78. The van der Waals surface area contributed by atoms with Gasteiger partial charge >= 0.3 is 6.18 Å². The van der Waals surface area contributed by atoms with Crippen LogP contribution < -0.4 is 5.73 Å². The third-order valence-electron chi connectivity index (χ3n) is 3.62. The van der Waals surface area contributed by atoms with Crippen LogP contribution >= 0.6 is 0 Å². The van der Waals surface area contributed by atoms with Crippen LogP contribution in [0.2, 0.25) is 0 Å². The summed E-state index contributed by atoms with van der Waals surface area (Å²) in [7, 11) is -4.20. The van der Waals surface area contributed by atoms with Gasteiger partial charge in [-0.3, -0.25) is 0 Å². The number of piperidine rings is 1. The number of hydrogen-bond acceptors (Lipinski definition) is 3. The second-order valence-corrected chi connectivity index (χ2v) is 6.85. The minimum absolute atomic E-state index is 0.105. The maximum atomic E-state index is 13.0. The Labute approximate surface area is 121 Å². The maximum absolute atomic E-state index is 13.0. The molecule has 1 aromatic carbocycles. The highest BCUT2D eigenvalue weighted by Gasteiger charge is 2.40. The SMILES string of the molecule is NC[C@@H]1CCCCN1S(=O)(=O)c1ccccc1C(F)(F)F. The molecule has 8 heteroatoms. The smallest absolute Gasteiger partial charge is 0.329 e. The van der Waals surface area contributed by atoms with Gasteiger partial charge in [-0.1, -0.05) is 18.6 Å². The molecule has 21 heavy (non-hydrogen) atoms. The van der Waals surface area contributed by atoms with Crippen molar-refractivity contribution < 1.29 is 21.6 Å².